The summed E-state index contributed by atoms with van der Waals surface area (Å²) >= 11 is 0. The zero-order chi connectivity index (χ0) is 6.74. The Morgan fingerprint density at radius 2 is 2.33 bits per heavy atom. The van der Waals surface area contributed by atoms with Gasteiger partial charge in [0.15, 0.2) is 0 Å². The first kappa shape index (κ1) is 6.75. The summed E-state index contributed by atoms with van der Waals surface area (Å²) in [4.78, 5) is 10.4. The second kappa shape index (κ2) is 2.48. The summed E-state index contributed by atoms with van der Waals surface area (Å²) in [5, 5.41) is 3.07. The highest BCUT2D eigenvalue weighted by Gasteiger charge is 2.35. The van der Waals surface area contributed by atoms with Gasteiger partial charge >= 0.3 is 0 Å². The van der Waals surface area contributed by atoms with Gasteiger partial charge in [0.1, 0.15) is 6.29 Å². The third kappa shape index (κ3) is 1.13. The lowest BCUT2D eigenvalue weighted by molar-refractivity contribution is -0.116. The summed E-state index contributed by atoms with van der Waals surface area (Å²) in [5.74, 6) is 0. The molecular weight excluding hydrogens is 114 g/mol. The molecule has 1 N–H and O–H groups in total. The van der Waals surface area contributed by atoms with Gasteiger partial charge in [0.25, 0.3) is 0 Å². The summed E-state index contributed by atoms with van der Waals surface area (Å²) in [6, 6.07) is 0. The molecule has 1 saturated carbocycles. The van der Waals surface area contributed by atoms with E-state index in [4.69, 9.17) is 0 Å². The van der Waals surface area contributed by atoms with Crippen LogP contribution in [0.5, 0.6) is 0 Å². The molecule has 51 valence electrons. The van der Waals surface area contributed by atoms with Gasteiger partial charge in [0.2, 0.25) is 0 Å². The smallest absolute Gasteiger partial charge is 0.140 e. The Balaban J connectivity index is 2.37. The molecule has 0 unspecified atom stereocenters. The average molecular weight is 126 g/mol. The van der Waals surface area contributed by atoms with Crippen LogP contribution in [0.15, 0.2) is 0 Å². The van der Waals surface area contributed by atoms with E-state index >= 15 is 0 Å². The molecule has 0 heterocycles. The minimum Gasteiger partial charge on any atom is -0.305 e. The summed E-state index contributed by atoms with van der Waals surface area (Å²) in [7, 11) is 0. The maximum atomic E-state index is 10.4. The van der Waals surface area contributed by atoms with Gasteiger partial charge in [-0.05, 0) is 32.7 Å². The van der Waals surface area contributed by atoms with E-state index in [1.807, 2.05) is 0 Å². The maximum absolute atomic E-state index is 10.4. The summed E-state index contributed by atoms with van der Waals surface area (Å²) in [5.41, 5.74) is -0.179. The topological polar surface area (TPSA) is 29.1 Å². The highest BCUT2D eigenvalue weighted by Crippen LogP contribution is 2.29. The first-order valence-electron chi connectivity index (χ1n) is 3.34. The minimum absolute atomic E-state index is 0.179. The zero-order valence-corrected chi connectivity index (χ0v) is 5.52. The number of aldehydes is 1. The molecule has 1 radical (unpaired) electrons. The van der Waals surface area contributed by atoms with Gasteiger partial charge < -0.3 is 10.1 Å². The average Bonchev–Trinajstić information content (AvgIpc) is 1.79. The van der Waals surface area contributed by atoms with Gasteiger partial charge in [-0.2, -0.15) is 0 Å². The third-order valence-corrected chi connectivity index (χ3v) is 1.95. The molecule has 1 fully saturated rings. The molecule has 0 amide bonds. The predicted octanol–water partition coefficient (Wildman–Crippen LogP) is 0.532. The first-order chi connectivity index (χ1) is 4.33. The lowest BCUT2D eigenvalue weighted by Gasteiger charge is -2.37. The van der Waals surface area contributed by atoms with Crippen LogP contribution in [0, 0.1) is 6.92 Å². The van der Waals surface area contributed by atoms with E-state index in [-0.39, 0.29) is 5.54 Å². The van der Waals surface area contributed by atoms with Crippen molar-refractivity contribution in [3.05, 3.63) is 6.92 Å². The Bertz CT molecular complexity index is 107. The van der Waals surface area contributed by atoms with Crippen LogP contribution in [-0.4, -0.2) is 18.4 Å². The highest BCUT2D eigenvalue weighted by atomic mass is 16.1. The second-order valence-electron chi connectivity index (χ2n) is 2.55. The van der Waals surface area contributed by atoms with Crippen molar-refractivity contribution in [3.8, 4) is 0 Å². The molecule has 0 aromatic rings. The molecule has 2 heteroatoms. The van der Waals surface area contributed by atoms with Gasteiger partial charge in [-0.3, -0.25) is 0 Å². The molecule has 0 bridgehead atoms. The Morgan fingerprint density at radius 1 is 1.67 bits per heavy atom. The fourth-order valence-corrected chi connectivity index (χ4v) is 1.14. The van der Waals surface area contributed by atoms with Crippen LogP contribution in [0.3, 0.4) is 0 Å². The van der Waals surface area contributed by atoms with Gasteiger partial charge in [-0.15, -0.1) is 0 Å². The quantitative estimate of drug-likeness (QED) is 0.559. The van der Waals surface area contributed by atoms with E-state index in [1.165, 1.54) is 6.42 Å². The van der Waals surface area contributed by atoms with Crippen molar-refractivity contribution >= 4 is 6.29 Å². The maximum Gasteiger partial charge on any atom is 0.140 e. The van der Waals surface area contributed by atoms with Crippen LogP contribution in [-0.2, 0) is 4.79 Å². The van der Waals surface area contributed by atoms with Crippen molar-refractivity contribution in [3.63, 3.8) is 0 Å². The summed E-state index contributed by atoms with van der Waals surface area (Å²) in [6.07, 6.45) is 4.17. The molecule has 0 atom stereocenters. The highest BCUT2D eigenvalue weighted by molar-refractivity contribution is 5.65. The van der Waals surface area contributed by atoms with E-state index in [0.29, 0.717) is 6.54 Å². The molecule has 0 saturated heterocycles. The lowest BCUT2D eigenvalue weighted by atomic mass is 9.78. The molecule has 0 aromatic carbocycles. The molecule has 9 heavy (non-hydrogen) atoms. The molecule has 1 aliphatic carbocycles. The lowest BCUT2D eigenvalue weighted by Crippen LogP contribution is -2.52. The minimum atomic E-state index is -0.179. The van der Waals surface area contributed by atoms with Gasteiger partial charge in [-0.1, -0.05) is 0 Å². The third-order valence-electron chi connectivity index (χ3n) is 1.95. The molecule has 0 aromatic heterocycles. The van der Waals surface area contributed by atoms with Gasteiger partial charge in [0.05, 0.1) is 5.54 Å². The number of hydrogen-bond donors (Lipinski definition) is 1. The first-order valence-corrected chi connectivity index (χ1v) is 3.34. The van der Waals surface area contributed by atoms with Crippen molar-refractivity contribution in [1.29, 1.82) is 0 Å². The van der Waals surface area contributed by atoms with Crippen LogP contribution in [0.2, 0.25) is 0 Å². The molecule has 2 nitrogen and oxygen atoms in total. The number of nitrogens with one attached hydrogen (secondary N) is 1. The van der Waals surface area contributed by atoms with Gasteiger partial charge in [0, 0.05) is 0 Å². The summed E-state index contributed by atoms with van der Waals surface area (Å²) < 4.78 is 0. The summed E-state index contributed by atoms with van der Waals surface area (Å²) in [6.45, 7) is 4.28. The normalized spacial score (nSPS) is 22.8. The van der Waals surface area contributed by atoms with Crippen molar-refractivity contribution < 1.29 is 4.79 Å². The monoisotopic (exact) mass is 126 g/mol. The zero-order valence-electron chi connectivity index (χ0n) is 5.52. The van der Waals surface area contributed by atoms with Crippen molar-refractivity contribution in [1.82, 2.24) is 5.32 Å². The molecule has 1 rings (SSSR count). The van der Waals surface area contributed by atoms with Crippen LogP contribution < -0.4 is 5.32 Å². The van der Waals surface area contributed by atoms with E-state index in [9.17, 15) is 4.79 Å². The van der Waals surface area contributed by atoms with E-state index in [1.54, 1.807) is 0 Å². The van der Waals surface area contributed by atoms with Crippen LogP contribution in [0.1, 0.15) is 19.3 Å². The number of carbonyl (C=O) groups excluding carboxylic acids is 1. The Labute approximate surface area is 55.6 Å². The fraction of sp³-hybridized carbons (Fsp3) is 0.714. The molecular formula is C7H12NO. The molecule has 1 aliphatic rings. The predicted molar refractivity (Wildman–Crippen MR) is 36.0 cm³/mol. The molecule has 0 aliphatic heterocycles. The fourth-order valence-electron chi connectivity index (χ4n) is 1.14. The van der Waals surface area contributed by atoms with Crippen LogP contribution in [0.4, 0.5) is 0 Å². The standard InChI is InChI=1S/C7H12NO/c1-2-8-7(6-9)4-3-5-7/h6,8H,1-5H2. The largest absolute Gasteiger partial charge is 0.305 e. The van der Waals surface area contributed by atoms with Gasteiger partial charge in [-0.25, -0.2) is 0 Å². The van der Waals surface area contributed by atoms with Crippen molar-refractivity contribution in [2.24, 2.45) is 0 Å². The SMILES string of the molecule is [CH2]CNC1(C=O)CCC1. The Hall–Kier alpha value is -0.370. The van der Waals surface area contributed by atoms with E-state index in [2.05, 4.69) is 12.2 Å². The molecule has 0 spiro atoms. The van der Waals surface area contributed by atoms with E-state index < -0.39 is 0 Å². The number of hydrogen-bond acceptors (Lipinski definition) is 2. The van der Waals surface area contributed by atoms with Crippen molar-refractivity contribution in [2.75, 3.05) is 6.54 Å². The number of carbonyl (C=O) groups is 1. The van der Waals surface area contributed by atoms with Crippen LogP contribution >= 0.6 is 0 Å². The van der Waals surface area contributed by atoms with E-state index in [0.717, 1.165) is 19.1 Å². The number of rotatable bonds is 3. The Morgan fingerprint density at radius 3 is 2.44 bits per heavy atom. The second-order valence-corrected chi connectivity index (χ2v) is 2.55. The van der Waals surface area contributed by atoms with Crippen LogP contribution in [0.25, 0.3) is 0 Å². The Kier molecular flexibility index (Phi) is 1.86. The van der Waals surface area contributed by atoms with Crippen molar-refractivity contribution in [2.45, 2.75) is 24.8 Å².